The lowest BCUT2D eigenvalue weighted by Gasteiger charge is -2.16. The average Bonchev–Trinajstić information content (AvgIpc) is 2.37. The topological polar surface area (TPSA) is 55.8 Å². The molecule has 0 saturated heterocycles. The molecule has 0 saturated carbocycles. The van der Waals surface area contributed by atoms with Crippen LogP contribution in [0.5, 0.6) is 5.75 Å². The lowest BCUT2D eigenvalue weighted by Crippen LogP contribution is -2.32. The first-order chi connectivity index (χ1) is 8.93. The van der Waals surface area contributed by atoms with Crippen LogP contribution in [-0.4, -0.2) is 43.6 Å². The zero-order valence-electron chi connectivity index (χ0n) is 11.7. The second-order valence-electron chi connectivity index (χ2n) is 4.43. The third-order valence-electron chi connectivity index (χ3n) is 2.41. The summed E-state index contributed by atoms with van der Waals surface area (Å²) in [6.07, 6.45) is 0.0866. The minimum atomic E-state index is -0.449. The van der Waals surface area contributed by atoms with Crippen molar-refractivity contribution in [3.63, 3.8) is 0 Å². The van der Waals surface area contributed by atoms with Crippen LogP contribution in [0.3, 0.4) is 0 Å². The molecule has 5 nitrogen and oxygen atoms in total. The van der Waals surface area contributed by atoms with Crippen LogP contribution in [-0.2, 0) is 9.53 Å². The molecule has 0 heterocycles. The monoisotopic (exact) mass is 265 g/mol. The van der Waals surface area contributed by atoms with Crippen molar-refractivity contribution in [3.05, 3.63) is 29.8 Å². The third-order valence-corrected chi connectivity index (χ3v) is 2.41. The number of methoxy groups -OCH3 is 1. The Hall–Kier alpha value is -2.04. The second-order valence-corrected chi connectivity index (χ2v) is 4.43. The van der Waals surface area contributed by atoms with Crippen LogP contribution in [0.4, 0.5) is 0 Å². The molecule has 0 aliphatic carbocycles. The van der Waals surface area contributed by atoms with Gasteiger partial charge in [-0.05, 0) is 38.1 Å². The van der Waals surface area contributed by atoms with Gasteiger partial charge in [0.25, 0.3) is 5.91 Å². The van der Waals surface area contributed by atoms with Crippen molar-refractivity contribution in [2.45, 2.75) is 20.0 Å². The van der Waals surface area contributed by atoms with Crippen molar-refractivity contribution >= 4 is 11.9 Å². The predicted molar refractivity (Wildman–Crippen MR) is 71.2 cm³/mol. The fraction of sp³-hybridized carbons (Fsp3) is 0.429. The second kappa shape index (κ2) is 6.78. The average molecular weight is 265 g/mol. The summed E-state index contributed by atoms with van der Waals surface area (Å²) in [6.45, 7) is 3.80. The normalized spacial score (nSPS) is 10.2. The van der Waals surface area contributed by atoms with Gasteiger partial charge in [0.1, 0.15) is 12.3 Å². The van der Waals surface area contributed by atoms with Gasteiger partial charge < -0.3 is 14.4 Å². The van der Waals surface area contributed by atoms with E-state index < -0.39 is 5.97 Å². The summed E-state index contributed by atoms with van der Waals surface area (Å²) in [7, 11) is 2.84. The van der Waals surface area contributed by atoms with E-state index in [-0.39, 0.29) is 18.6 Å². The number of benzene rings is 1. The Bertz CT molecular complexity index is 439. The van der Waals surface area contributed by atoms with Gasteiger partial charge in [-0.3, -0.25) is 9.59 Å². The zero-order chi connectivity index (χ0) is 14.4. The maximum atomic E-state index is 12.0. The predicted octanol–water partition coefficient (Wildman–Crippen LogP) is 1.72. The van der Waals surface area contributed by atoms with Crippen LogP contribution in [0.1, 0.15) is 24.2 Å². The number of carbonyl (C=O) groups is 2. The fourth-order valence-corrected chi connectivity index (χ4v) is 1.50. The number of likely N-dealkylation sites (N-methyl/N-ethyl adjacent to an activating group) is 1. The smallest absolute Gasteiger partial charge is 0.325 e. The molecule has 0 aliphatic heterocycles. The zero-order valence-corrected chi connectivity index (χ0v) is 11.7. The Morgan fingerprint density at radius 1 is 1.21 bits per heavy atom. The highest BCUT2D eigenvalue weighted by atomic mass is 16.5. The number of hydrogen-bond donors (Lipinski definition) is 0. The fourth-order valence-electron chi connectivity index (χ4n) is 1.50. The molecular formula is C14H19NO4. The highest BCUT2D eigenvalue weighted by molar-refractivity contribution is 5.95. The Kier molecular flexibility index (Phi) is 5.36. The number of carbonyl (C=O) groups excluding carboxylic acids is 2. The van der Waals surface area contributed by atoms with Gasteiger partial charge in [-0.1, -0.05) is 0 Å². The Balaban J connectivity index is 2.69. The molecule has 104 valence electrons. The largest absolute Gasteiger partial charge is 0.491 e. The van der Waals surface area contributed by atoms with E-state index in [1.165, 1.54) is 12.0 Å². The molecule has 0 atom stereocenters. The summed E-state index contributed by atoms with van der Waals surface area (Å²) >= 11 is 0. The summed E-state index contributed by atoms with van der Waals surface area (Å²) in [5, 5.41) is 0. The molecular weight excluding hydrogens is 246 g/mol. The molecule has 0 bridgehead atoms. The molecule has 0 unspecified atom stereocenters. The van der Waals surface area contributed by atoms with Crippen LogP contribution in [0.25, 0.3) is 0 Å². The molecule has 0 radical (unpaired) electrons. The number of nitrogens with zero attached hydrogens (tertiary/aromatic N) is 1. The lowest BCUT2D eigenvalue weighted by molar-refractivity contribution is -0.141. The van der Waals surface area contributed by atoms with Crippen molar-refractivity contribution in [3.8, 4) is 5.75 Å². The molecule has 0 fully saturated rings. The van der Waals surface area contributed by atoms with Crippen LogP contribution in [0.2, 0.25) is 0 Å². The van der Waals surface area contributed by atoms with Gasteiger partial charge in [-0.15, -0.1) is 0 Å². The first-order valence-corrected chi connectivity index (χ1v) is 6.03. The highest BCUT2D eigenvalue weighted by Gasteiger charge is 2.15. The first-order valence-electron chi connectivity index (χ1n) is 6.03. The SMILES string of the molecule is COC(=O)CN(C)C(=O)c1ccc(OC(C)C)cc1. The number of amides is 1. The van der Waals surface area contributed by atoms with E-state index in [0.29, 0.717) is 11.3 Å². The summed E-state index contributed by atoms with van der Waals surface area (Å²) in [5.74, 6) is 0.0271. The summed E-state index contributed by atoms with van der Waals surface area (Å²) in [4.78, 5) is 24.4. The van der Waals surface area contributed by atoms with Crippen molar-refractivity contribution < 1.29 is 19.1 Å². The molecule has 0 aromatic heterocycles. The van der Waals surface area contributed by atoms with Gasteiger partial charge in [0, 0.05) is 12.6 Å². The van der Waals surface area contributed by atoms with E-state index in [4.69, 9.17) is 4.74 Å². The van der Waals surface area contributed by atoms with Gasteiger partial charge in [0.05, 0.1) is 13.2 Å². The third kappa shape index (κ3) is 4.62. The van der Waals surface area contributed by atoms with Crippen molar-refractivity contribution in [2.75, 3.05) is 20.7 Å². The van der Waals surface area contributed by atoms with Gasteiger partial charge in [0.2, 0.25) is 0 Å². The number of esters is 1. The summed E-state index contributed by atoms with van der Waals surface area (Å²) in [5.41, 5.74) is 0.502. The maximum absolute atomic E-state index is 12.0. The van der Waals surface area contributed by atoms with E-state index in [9.17, 15) is 9.59 Å². The number of rotatable bonds is 5. The quantitative estimate of drug-likeness (QED) is 0.761. The van der Waals surface area contributed by atoms with Crippen LogP contribution >= 0.6 is 0 Å². The Morgan fingerprint density at radius 3 is 2.26 bits per heavy atom. The standard InChI is InChI=1S/C14H19NO4/c1-10(2)19-12-7-5-11(6-8-12)14(17)15(3)9-13(16)18-4/h5-8,10H,9H2,1-4H3. The first kappa shape index (κ1) is 15.0. The van der Waals surface area contributed by atoms with E-state index >= 15 is 0 Å². The van der Waals surface area contributed by atoms with Crippen molar-refractivity contribution in [1.82, 2.24) is 4.90 Å². The van der Waals surface area contributed by atoms with Crippen molar-refractivity contribution in [2.24, 2.45) is 0 Å². The molecule has 1 amide bonds. The van der Waals surface area contributed by atoms with Crippen LogP contribution < -0.4 is 4.74 Å². The lowest BCUT2D eigenvalue weighted by atomic mass is 10.2. The number of ether oxygens (including phenoxy) is 2. The molecule has 0 N–H and O–H groups in total. The summed E-state index contributed by atoms with van der Waals surface area (Å²) < 4.78 is 10.0. The summed E-state index contributed by atoms with van der Waals surface area (Å²) in [6, 6.07) is 6.82. The van der Waals surface area contributed by atoms with Crippen LogP contribution in [0, 0.1) is 0 Å². The van der Waals surface area contributed by atoms with Gasteiger partial charge in [-0.2, -0.15) is 0 Å². The highest BCUT2D eigenvalue weighted by Crippen LogP contribution is 2.14. The maximum Gasteiger partial charge on any atom is 0.325 e. The molecule has 0 aliphatic rings. The minimum absolute atomic E-state index is 0.0699. The van der Waals surface area contributed by atoms with Crippen molar-refractivity contribution in [1.29, 1.82) is 0 Å². The molecule has 19 heavy (non-hydrogen) atoms. The Labute approximate surface area is 113 Å². The van der Waals surface area contributed by atoms with E-state index in [1.54, 1.807) is 31.3 Å². The minimum Gasteiger partial charge on any atom is -0.491 e. The van der Waals surface area contributed by atoms with E-state index in [2.05, 4.69) is 4.74 Å². The Morgan fingerprint density at radius 2 is 1.79 bits per heavy atom. The van der Waals surface area contributed by atoms with E-state index in [1.807, 2.05) is 13.8 Å². The van der Waals surface area contributed by atoms with Gasteiger partial charge >= 0.3 is 5.97 Å². The molecule has 0 spiro atoms. The van der Waals surface area contributed by atoms with Gasteiger partial charge in [0.15, 0.2) is 0 Å². The number of hydrogen-bond acceptors (Lipinski definition) is 4. The molecule has 1 rings (SSSR count). The molecule has 5 heteroatoms. The van der Waals surface area contributed by atoms with E-state index in [0.717, 1.165) is 0 Å². The molecule has 1 aromatic rings. The van der Waals surface area contributed by atoms with Crippen LogP contribution in [0.15, 0.2) is 24.3 Å². The van der Waals surface area contributed by atoms with Gasteiger partial charge in [-0.25, -0.2) is 0 Å². The molecule has 1 aromatic carbocycles.